The van der Waals surface area contributed by atoms with Gasteiger partial charge in [-0.3, -0.25) is 14.1 Å². The van der Waals surface area contributed by atoms with E-state index in [4.69, 9.17) is 9.72 Å². The molecule has 0 amide bonds. The lowest BCUT2D eigenvalue weighted by Crippen LogP contribution is -2.21. The van der Waals surface area contributed by atoms with Crippen LogP contribution in [0, 0.1) is 0 Å². The predicted octanol–water partition coefficient (Wildman–Crippen LogP) is 4.06. The minimum atomic E-state index is -0.0464. The maximum atomic E-state index is 12.8. The van der Waals surface area contributed by atoms with Crippen LogP contribution in [0.1, 0.15) is 11.3 Å². The minimum absolute atomic E-state index is 0.0464. The van der Waals surface area contributed by atoms with Gasteiger partial charge in [0, 0.05) is 24.5 Å². The van der Waals surface area contributed by atoms with Crippen molar-refractivity contribution in [1.29, 1.82) is 0 Å². The summed E-state index contributed by atoms with van der Waals surface area (Å²) in [6, 6.07) is 19.6. The molecule has 0 spiro atoms. The summed E-state index contributed by atoms with van der Waals surface area (Å²) in [5.41, 5.74) is 3.78. The van der Waals surface area contributed by atoms with Crippen molar-refractivity contribution in [2.75, 3.05) is 14.2 Å². The number of aromatic nitrogens is 2. The van der Waals surface area contributed by atoms with Crippen molar-refractivity contribution in [2.24, 2.45) is 0 Å². The molecule has 0 atom stereocenters. The van der Waals surface area contributed by atoms with E-state index in [2.05, 4.69) is 11.0 Å². The summed E-state index contributed by atoms with van der Waals surface area (Å²) < 4.78 is 6.97. The van der Waals surface area contributed by atoms with Gasteiger partial charge in [-0.05, 0) is 30.3 Å². The Bertz CT molecular complexity index is 1150. The van der Waals surface area contributed by atoms with Gasteiger partial charge in [0.15, 0.2) is 4.96 Å². The molecule has 0 N–H and O–H groups in total. The van der Waals surface area contributed by atoms with Gasteiger partial charge >= 0.3 is 0 Å². The minimum Gasteiger partial charge on any atom is -0.497 e. The highest BCUT2D eigenvalue weighted by Gasteiger charge is 2.12. The Morgan fingerprint density at radius 3 is 2.68 bits per heavy atom. The molecule has 0 saturated heterocycles. The largest absolute Gasteiger partial charge is 0.497 e. The molecule has 5 nitrogen and oxygen atoms in total. The number of hydrogen-bond donors (Lipinski definition) is 0. The Morgan fingerprint density at radius 2 is 1.89 bits per heavy atom. The second kappa shape index (κ2) is 7.96. The molecular formula is C22H21N3O2S. The van der Waals surface area contributed by atoms with Crippen molar-refractivity contribution in [3.8, 4) is 17.0 Å². The summed E-state index contributed by atoms with van der Waals surface area (Å²) in [6.07, 6.45) is 0. The fourth-order valence-electron chi connectivity index (χ4n) is 3.27. The van der Waals surface area contributed by atoms with Crippen LogP contribution in [-0.2, 0) is 13.1 Å². The van der Waals surface area contributed by atoms with E-state index in [9.17, 15) is 4.79 Å². The summed E-state index contributed by atoms with van der Waals surface area (Å²) in [6.45, 7) is 1.35. The number of nitrogens with zero attached hydrogens (tertiary/aromatic N) is 3. The van der Waals surface area contributed by atoms with Crippen LogP contribution < -0.4 is 10.3 Å². The second-order valence-corrected chi connectivity index (χ2v) is 7.55. The van der Waals surface area contributed by atoms with E-state index in [0.29, 0.717) is 6.54 Å². The van der Waals surface area contributed by atoms with Crippen molar-refractivity contribution in [3.05, 3.63) is 87.7 Å². The molecular weight excluding hydrogens is 370 g/mol. The summed E-state index contributed by atoms with van der Waals surface area (Å²) in [4.78, 5) is 20.3. The number of fused-ring (bicyclic) bond motifs is 1. The summed E-state index contributed by atoms with van der Waals surface area (Å²) in [7, 11) is 3.69. The number of ether oxygens (including phenoxy) is 1. The summed E-state index contributed by atoms with van der Waals surface area (Å²) in [5, 5.41) is 1.99. The molecule has 142 valence electrons. The Kier molecular flexibility index (Phi) is 5.23. The molecule has 4 rings (SSSR count). The summed E-state index contributed by atoms with van der Waals surface area (Å²) >= 11 is 1.49. The predicted molar refractivity (Wildman–Crippen MR) is 113 cm³/mol. The zero-order valence-corrected chi connectivity index (χ0v) is 16.6. The zero-order valence-electron chi connectivity index (χ0n) is 15.8. The fourth-order valence-corrected chi connectivity index (χ4v) is 4.19. The molecule has 0 saturated carbocycles. The molecule has 2 aromatic heterocycles. The van der Waals surface area contributed by atoms with Crippen molar-refractivity contribution in [2.45, 2.75) is 13.1 Å². The first-order valence-corrected chi connectivity index (χ1v) is 9.89. The van der Waals surface area contributed by atoms with Gasteiger partial charge in [-0.1, -0.05) is 42.5 Å². The molecule has 0 radical (unpaired) electrons. The number of hydrogen-bond acceptors (Lipinski definition) is 5. The molecule has 28 heavy (non-hydrogen) atoms. The van der Waals surface area contributed by atoms with E-state index < -0.39 is 0 Å². The van der Waals surface area contributed by atoms with Crippen molar-refractivity contribution < 1.29 is 4.74 Å². The van der Waals surface area contributed by atoms with Crippen molar-refractivity contribution in [1.82, 2.24) is 14.3 Å². The normalized spacial score (nSPS) is 11.2. The van der Waals surface area contributed by atoms with Crippen molar-refractivity contribution in [3.63, 3.8) is 0 Å². The van der Waals surface area contributed by atoms with Crippen LogP contribution >= 0.6 is 11.3 Å². The topological polar surface area (TPSA) is 46.8 Å². The number of methoxy groups -OCH3 is 1. The Balaban J connectivity index is 1.57. The van der Waals surface area contributed by atoms with E-state index in [-0.39, 0.29) is 5.56 Å². The van der Waals surface area contributed by atoms with Gasteiger partial charge in [0.2, 0.25) is 0 Å². The zero-order chi connectivity index (χ0) is 19.5. The van der Waals surface area contributed by atoms with Crippen LogP contribution in [0.25, 0.3) is 16.2 Å². The Hall–Kier alpha value is -2.96. The van der Waals surface area contributed by atoms with Crippen LogP contribution in [-0.4, -0.2) is 28.4 Å². The number of thiazole rings is 1. The van der Waals surface area contributed by atoms with Gasteiger partial charge in [0.1, 0.15) is 5.75 Å². The van der Waals surface area contributed by atoms with E-state index in [0.717, 1.165) is 39.8 Å². The summed E-state index contributed by atoms with van der Waals surface area (Å²) in [5.74, 6) is 0.843. The molecule has 0 bridgehead atoms. The van der Waals surface area contributed by atoms with E-state index in [1.54, 1.807) is 17.6 Å². The monoisotopic (exact) mass is 391 g/mol. The molecule has 2 aromatic carbocycles. The van der Waals surface area contributed by atoms with Gasteiger partial charge < -0.3 is 4.74 Å². The third-order valence-electron chi connectivity index (χ3n) is 4.55. The SMILES string of the molecule is COc1cccc(CN(C)Cc2cc(=O)n3c(-c4ccccc4)csc3n2)c1. The smallest absolute Gasteiger partial charge is 0.259 e. The maximum absolute atomic E-state index is 12.8. The molecule has 0 aliphatic rings. The lowest BCUT2D eigenvalue weighted by Gasteiger charge is -2.16. The maximum Gasteiger partial charge on any atom is 0.259 e. The van der Waals surface area contributed by atoms with Gasteiger partial charge in [0.05, 0.1) is 18.5 Å². The van der Waals surface area contributed by atoms with E-state index >= 15 is 0 Å². The highest BCUT2D eigenvalue weighted by molar-refractivity contribution is 7.15. The van der Waals surface area contributed by atoms with Gasteiger partial charge in [-0.2, -0.15) is 0 Å². The van der Waals surface area contributed by atoms with Crippen LogP contribution in [0.3, 0.4) is 0 Å². The molecule has 2 heterocycles. The average Bonchev–Trinajstić information content (AvgIpc) is 3.13. The van der Waals surface area contributed by atoms with Gasteiger partial charge in [0.25, 0.3) is 5.56 Å². The van der Waals surface area contributed by atoms with Crippen LogP contribution in [0.15, 0.2) is 70.8 Å². The first-order chi connectivity index (χ1) is 13.6. The molecule has 6 heteroatoms. The first kappa shape index (κ1) is 18.4. The highest BCUT2D eigenvalue weighted by Crippen LogP contribution is 2.24. The fraction of sp³-hybridized carbons (Fsp3) is 0.182. The van der Waals surface area contributed by atoms with Crippen LogP contribution in [0.4, 0.5) is 0 Å². The van der Waals surface area contributed by atoms with Crippen molar-refractivity contribution >= 4 is 16.3 Å². The van der Waals surface area contributed by atoms with E-state index in [1.165, 1.54) is 11.3 Å². The standard InChI is InChI=1S/C22H21N3O2S/c1-24(13-16-7-6-10-19(11-16)27-2)14-18-12-21(26)25-20(15-28-22(25)23-18)17-8-4-3-5-9-17/h3-12,15H,13-14H2,1-2H3. The van der Waals surface area contributed by atoms with Crippen LogP contribution in [0.5, 0.6) is 5.75 Å². The molecule has 0 aliphatic carbocycles. The van der Waals surface area contributed by atoms with Gasteiger partial charge in [-0.15, -0.1) is 11.3 Å². The quantitative estimate of drug-likeness (QED) is 0.497. The average molecular weight is 391 g/mol. The number of rotatable bonds is 6. The highest BCUT2D eigenvalue weighted by atomic mass is 32.1. The third-order valence-corrected chi connectivity index (χ3v) is 5.37. The first-order valence-electron chi connectivity index (χ1n) is 9.01. The Labute approximate surface area is 167 Å². The Morgan fingerprint density at radius 1 is 1.07 bits per heavy atom. The molecule has 4 aromatic rings. The third kappa shape index (κ3) is 3.83. The van der Waals surface area contributed by atoms with Gasteiger partial charge in [-0.25, -0.2) is 4.98 Å². The molecule has 0 unspecified atom stereocenters. The number of benzene rings is 2. The lowest BCUT2D eigenvalue weighted by atomic mass is 10.2. The second-order valence-electron chi connectivity index (χ2n) is 6.71. The lowest BCUT2D eigenvalue weighted by molar-refractivity contribution is 0.314. The van der Waals surface area contributed by atoms with Crippen LogP contribution in [0.2, 0.25) is 0 Å². The molecule has 0 fully saturated rings. The molecule has 0 aliphatic heterocycles. The van der Waals surface area contributed by atoms with E-state index in [1.807, 2.05) is 61.0 Å².